The molecule has 0 aliphatic carbocycles. The van der Waals surface area contributed by atoms with Crippen LogP contribution >= 0.6 is 0 Å². The Morgan fingerprint density at radius 2 is 1.93 bits per heavy atom. The Hall–Kier alpha value is -1.69. The van der Waals surface area contributed by atoms with Crippen molar-refractivity contribution < 1.29 is 4.74 Å². The molecule has 2 heterocycles. The van der Waals surface area contributed by atoms with Crippen LogP contribution in [0.4, 0.5) is 0 Å². The van der Waals surface area contributed by atoms with Gasteiger partial charge in [0, 0.05) is 31.3 Å². The number of benzene rings is 1. The van der Waals surface area contributed by atoms with E-state index in [1.54, 1.807) is 0 Å². The second-order valence-electron chi connectivity index (χ2n) is 8.35. The van der Waals surface area contributed by atoms with Crippen LogP contribution in [0, 0.1) is 0 Å². The Morgan fingerprint density at radius 3 is 2.67 bits per heavy atom. The van der Waals surface area contributed by atoms with Crippen LogP contribution in [0.25, 0.3) is 11.4 Å². The normalized spacial score (nSPS) is 18.2. The number of hydrazine groups is 1. The third kappa shape index (κ3) is 5.93. The van der Waals surface area contributed by atoms with E-state index in [4.69, 9.17) is 9.72 Å². The van der Waals surface area contributed by atoms with Crippen LogP contribution in [-0.4, -0.2) is 40.4 Å². The molecule has 0 unspecified atom stereocenters. The van der Waals surface area contributed by atoms with Crippen molar-refractivity contribution in [1.82, 2.24) is 20.0 Å². The fourth-order valence-electron chi connectivity index (χ4n) is 4.36. The number of nitrogens with zero attached hydrogens (tertiary/aromatic N) is 3. The molecule has 3 rings (SSSR count). The minimum absolute atomic E-state index is 0.286. The molecule has 5 heteroatoms. The summed E-state index contributed by atoms with van der Waals surface area (Å²) in [5, 5.41) is 2.44. The number of aromatic nitrogens is 2. The van der Waals surface area contributed by atoms with Crippen molar-refractivity contribution in [2.75, 3.05) is 19.8 Å². The van der Waals surface area contributed by atoms with Gasteiger partial charge in [-0.2, -0.15) is 0 Å². The van der Waals surface area contributed by atoms with E-state index in [0.717, 1.165) is 38.5 Å². The van der Waals surface area contributed by atoms with E-state index >= 15 is 0 Å². The number of hydrogen-bond acceptors (Lipinski definition) is 4. The average molecular weight is 413 g/mol. The number of rotatable bonds is 13. The van der Waals surface area contributed by atoms with E-state index in [1.807, 2.05) is 0 Å². The van der Waals surface area contributed by atoms with Crippen LogP contribution in [-0.2, 0) is 11.3 Å². The van der Waals surface area contributed by atoms with E-state index in [0.29, 0.717) is 6.04 Å². The third-order valence-corrected chi connectivity index (χ3v) is 6.07. The largest absolute Gasteiger partial charge is 0.380 e. The fraction of sp³-hybridized carbons (Fsp3) is 0.640. The predicted octanol–water partition coefficient (Wildman–Crippen LogP) is 5.59. The minimum atomic E-state index is 0.286. The molecule has 1 aromatic heterocycles. The van der Waals surface area contributed by atoms with Crippen LogP contribution in [0.2, 0.25) is 0 Å². The zero-order chi connectivity index (χ0) is 21.2. The molecule has 1 N–H and O–H groups in total. The highest BCUT2D eigenvalue weighted by Crippen LogP contribution is 2.28. The SMILES string of the molecule is CCCC[C@H](NN1CCC[C@@H]1COCC)c1cnc(-c2ccccc2)n1CCCC. The smallest absolute Gasteiger partial charge is 0.140 e. The van der Waals surface area contributed by atoms with Crippen molar-refractivity contribution in [3.8, 4) is 11.4 Å². The van der Waals surface area contributed by atoms with Crippen LogP contribution in [0.1, 0.15) is 77.5 Å². The molecule has 1 aromatic carbocycles. The molecule has 1 saturated heterocycles. The molecule has 166 valence electrons. The Labute approximate surface area is 182 Å². The van der Waals surface area contributed by atoms with Gasteiger partial charge in [0.1, 0.15) is 5.82 Å². The van der Waals surface area contributed by atoms with Gasteiger partial charge in [0.15, 0.2) is 0 Å². The lowest BCUT2D eigenvalue weighted by Crippen LogP contribution is -2.46. The first-order valence-electron chi connectivity index (χ1n) is 12.0. The molecule has 1 fully saturated rings. The number of ether oxygens (including phenoxy) is 1. The molecule has 5 nitrogen and oxygen atoms in total. The minimum Gasteiger partial charge on any atom is -0.380 e. The second kappa shape index (κ2) is 12.2. The zero-order valence-corrected chi connectivity index (χ0v) is 19.1. The Balaban J connectivity index is 1.86. The zero-order valence-electron chi connectivity index (χ0n) is 19.1. The van der Waals surface area contributed by atoms with Crippen molar-refractivity contribution in [3.63, 3.8) is 0 Å². The van der Waals surface area contributed by atoms with Crippen molar-refractivity contribution in [1.29, 1.82) is 0 Å². The summed E-state index contributed by atoms with van der Waals surface area (Å²) < 4.78 is 8.21. The van der Waals surface area contributed by atoms with Gasteiger partial charge in [-0.1, -0.05) is 63.4 Å². The summed E-state index contributed by atoms with van der Waals surface area (Å²) in [6, 6.07) is 11.4. The highest BCUT2D eigenvalue weighted by atomic mass is 16.5. The van der Waals surface area contributed by atoms with Gasteiger partial charge < -0.3 is 9.30 Å². The van der Waals surface area contributed by atoms with Gasteiger partial charge in [0.2, 0.25) is 0 Å². The van der Waals surface area contributed by atoms with Crippen LogP contribution in [0.15, 0.2) is 36.5 Å². The highest BCUT2D eigenvalue weighted by Gasteiger charge is 2.28. The first-order chi connectivity index (χ1) is 14.8. The maximum atomic E-state index is 5.76. The number of hydrogen-bond donors (Lipinski definition) is 1. The standard InChI is InChI=1S/C25H40N4O/c1-4-7-16-23(27-29-18-12-15-22(29)20-30-6-3)24-19-26-25(28(24)17-8-5-2)21-13-10-9-11-14-21/h9-11,13-14,19,22-23,27H,4-8,12,15-18,20H2,1-3H3/t22-,23+/m1/s1. The van der Waals surface area contributed by atoms with Gasteiger partial charge >= 0.3 is 0 Å². The first-order valence-corrected chi connectivity index (χ1v) is 12.0. The Kier molecular flexibility index (Phi) is 9.37. The third-order valence-electron chi connectivity index (χ3n) is 6.07. The second-order valence-corrected chi connectivity index (χ2v) is 8.35. The van der Waals surface area contributed by atoms with Crippen molar-refractivity contribution in [2.24, 2.45) is 0 Å². The summed E-state index contributed by atoms with van der Waals surface area (Å²) in [4.78, 5) is 4.89. The molecule has 2 aromatic rings. The van der Waals surface area contributed by atoms with E-state index < -0.39 is 0 Å². The maximum absolute atomic E-state index is 5.76. The van der Waals surface area contributed by atoms with Crippen molar-refractivity contribution >= 4 is 0 Å². The Morgan fingerprint density at radius 1 is 1.13 bits per heavy atom. The summed E-state index contributed by atoms with van der Waals surface area (Å²) in [5.41, 5.74) is 6.42. The molecule has 0 spiro atoms. The molecule has 1 aliphatic heterocycles. The molecular formula is C25H40N4O. The van der Waals surface area contributed by atoms with Gasteiger partial charge in [-0.05, 0) is 32.6 Å². The van der Waals surface area contributed by atoms with E-state index in [-0.39, 0.29) is 6.04 Å². The van der Waals surface area contributed by atoms with Gasteiger partial charge in [-0.15, -0.1) is 0 Å². The molecular weight excluding hydrogens is 372 g/mol. The Bertz CT molecular complexity index is 730. The van der Waals surface area contributed by atoms with Crippen LogP contribution < -0.4 is 5.43 Å². The summed E-state index contributed by atoms with van der Waals surface area (Å²) in [7, 11) is 0. The summed E-state index contributed by atoms with van der Waals surface area (Å²) in [6.45, 7) is 10.3. The summed E-state index contributed by atoms with van der Waals surface area (Å²) >= 11 is 0. The predicted molar refractivity (Wildman–Crippen MR) is 124 cm³/mol. The molecule has 2 atom stereocenters. The molecule has 0 saturated carbocycles. The highest BCUT2D eigenvalue weighted by molar-refractivity contribution is 5.56. The maximum Gasteiger partial charge on any atom is 0.140 e. The summed E-state index contributed by atoms with van der Waals surface area (Å²) in [6.07, 6.45) is 10.4. The van der Waals surface area contributed by atoms with E-state index in [9.17, 15) is 0 Å². The molecule has 30 heavy (non-hydrogen) atoms. The quantitative estimate of drug-likeness (QED) is 0.466. The van der Waals surface area contributed by atoms with E-state index in [2.05, 4.69) is 72.3 Å². The lowest BCUT2D eigenvalue weighted by atomic mass is 10.1. The lowest BCUT2D eigenvalue weighted by Gasteiger charge is -2.31. The molecule has 0 bridgehead atoms. The lowest BCUT2D eigenvalue weighted by molar-refractivity contribution is 0.0497. The molecule has 1 aliphatic rings. The van der Waals surface area contributed by atoms with Crippen molar-refractivity contribution in [2.45, 2.75) is 84.3 Å². The van der Waals surface area contributed by atoms with Gasteiger partial charge in [0.05, 0.1) is 24.5 Å². The van der Waals surface area contributed by atoms with Gasteiger partial charge in [0.25, 0.3) is 0 Å². The monoisotopic (exact) mass is 412 g/mol. The van der Waals surface area contributed by atoms with Crippen molar-refractivity contribution in [3.05, 3.63) is 42.2 Å². The van der Waals surface area contributed by atoms with Crippen LogP contribution in [0.5, 0.6) is 0 Å². The molecule has 0 radical (unpaired) electrons. The fourth-order valence-corrected chi connectivity index (χ4v) is 4.36. The van der Waals surface area contributed by atoms with E-state index in [1.165, 1.54) is 49.8 Å². The van der Waals surface area contributed by atoms with Crippen LogP contribution in [0.3, 0.4) is 0 Å². The topological polar surface area (TPSA) is 42.3 Å². The van der Waals surface area contributed by atoms with Gasteiger partial charge in [-0.25, -0.2) is 15.4 Å². The molecule has 0 amide bonds. The number of imidazole rings is 1. The average Bonchev–Trinajstić information content (AvgIpc) is 3.40. The van der Waals surface area contributed by atoms with Gasteiger partial charge in [-0.3, -0.25) is 0 Å². The number of nitrogens with one attached hydrogen (secondary N) is 1. The first kappa shape index (κ1) is 23.0. The number of unbranched alkanes of at least 4 members (excludes halogenated alkanes) is 2. The summed E-state index contributed by atoms with van der Waals surface area (Å²) in [5.74, 6) is 1.09.